The van der Waals surface area contributed by atoms with Crippen molar-refractivity contribution in [3.05, 3.63) is 52.6 Å². The highest BCUT2D eigenvalue weighted by atomic mass is 79.9. The zero-order valence-corrected chi connectivity index (χ0v) is 16.0. The van der Waals surface area contributed by atoms with Crippen LogP contribution in [0.1, 0.15) is 30.1 Å². The number of ether oxygens (including phenoxy) is 1. The first-order valence-electron chi connectivity index (χ1n) is 8.44. The first-order chi connectivity index (χ1) is 12.4. The van der Waals surface area contributed by atoms with Gasteiger partial charge in [-0.3, -0.25) is 9.59 Å². The van der Waals surface area contributed by atoms with Crippen molar-refractivity contribution in [2.45, 2.75) is 25.8 Å². The topological polar surface area (TPSA) is 85.5 Å². The number of carbonyl (C=O) groups is 2. The number of hydrogen-bond acceptors (Lipinski definition) is 4. The summed E-state index contributed by atoms with van der Waals surface area (Å²) in [6.07, 6.45) is 2.98. The quantitative estimate of drug-likeness (QED) is 0.825. The van der Waals surface area contributed by atoms with Crippen LogP contribution in [-0.4, -0.2) is 34.3 Å². The minimum absolute atomic E-state index is 0.0655. The van der Waals surface area contributed by atoms with Gasteiger partial charge in [-0.2, -0.15) is 0 Å². The summed E-state index contributed by atoms with van der Waals surface area (Å²) in [7, 11) is 0. The second kappa shape index (κ2) is 7.86. The molecule has 2 atom stereocenters. The molecule has 1 aromatic heterocycles. The Bertz CT molecular complexity index is 810. The van der Waals surface area contributed by atoms with Crippen molar-refractivity contribution < 1.29 is 14.3 Å². The van der Waals surface area contributed by atoms with Crippen LogP contribution >= 0.6 is 15.9 Å². The fourth-order valence-corrected chi connectivity index (χ4v) is 3.38. The zero-order valence-electron chi connectivity index (χ0n) is 14.4. The summed E-state index contributed by atoms with van der Waals surface area (Å²) in [5.41, 5.74) is 5.87. The van der Waals surface area contributed by atoms with Crippen LogP contribution in [0.5, 0.6) is 11.6 Å². The van der Waals surface area contributed by atoms with Gasteiger partial charge >= 0.3 is 0 Å². The van der Waals surface area contributed by atoms with Crippen LogP contribution in [0.2, 0.25) is 0 Å². The van der Waals surface area contributed by atoms with E-state index in [9.17, 15) is 9.59 Å². The second-order valence-corrected chi connectivity index (χ2v) is 7.34. The number of nitrogens with zero attached hydrogens (tertiary/aromatic N) is 2. The Morgan fingerprint density at radius 2 is 2.08 bits per heavy atom. The van der Waals surface area contributed by atoms with Crippen LogP contribution in [0.15, 0.2) is 47.1 Å². The molecule has 0 spiro atoms. The molecule has 6 nitrogen and oxygen atoms in total. The Balaban J connectivity index is 1.71. The molecule has 1 aliphatic rings. The monoisotopic (exact) mass is 417 g/mol. The average Bonchev–Trinajstić information content (AvgIpc) is 2.62. The standard InChI is InChI=1S/C19H20BrN3O3/c1-12-5-6-14(18(21)24)11-23(12)19(25)13-7-8-17(22-10-13)26-16-4-2-3-15(20)9-16/h2-4,7-10,12,14H,5-6,11H2,1H3,(H2,21,24)/t12-,14-/m0/s1. The van der Waals surface area contributed by atoms with E-state index >= 15 is 0 Å². The van der Waals surface area contributed by atoms with Crippen molar-refractivity contribution in [1.29, 1.82) is 0 Å². The zero-order chi connectivity index (χ0) is 18.7. The molecular weight excluding hydrogens is 398 g/mol. The molecule has 3 rings (SSSR count). The number of nitrogens with two attached hydrogens (primary N) is 1. The third kappa shape index (κ3) is 4.22. The van der Waals surface area contributed by atoms with E-state index in [0.717, 1.165) is 17.3 Å². The van der Waals surface area contributed by atoms with Crippen LogP contribution in [0, 0.1) is 5.92 Å². The van der Waals surface area contributed by atoms with Gasteiger partial charge in [-0.15, -0.1) is 0 Å². The maximum Gasteiger partial charge on any atom is 0.255 e. The molecule has 2 heterocycles. The number of likely N-dealkylation sites (tertiary alicyclic amines) is 1. The lowest BCUT2D eigenvalue weighted by Gasteiger charge is -2.36. The molecule has 2 aromatic rings. The minimum Gasteiger partial charge on any atom is -0.439 e. The van der Waals surface area contributed by atoms with Crippen LogP contribution in [0.25, 0.3) is 0 Å². The molecule has 1 fully saturated rings. The van der Waals surface area contributed by atoms with Crippen molar-refractivity contribution >= 4 is 27.7 Å². The predicted octanol–water partition coefficient (Wildman–Crippen LogP) is 3.36. The van der Waals surface area contributed by atoms with Crippen LogP contribution in [-0.2, 0) is 4.79 Å². The molecule has 0 radical (unpaired) electrons. The van der Waals surface area contributed by atoms with Gasteiger partial charge in [-0.05, 0) is 44.0 Å². The Kier molecular flexibility index (Phi) is 5.56. The van der Waals surface area contributed by atoms with E-state index in [4.69, 9.17) is 10.5 Å². The SMILES string of the molecule is C[C@H]1CC[C@H](C(N)=O)CN1C(=O)c1ccc(Oc2cccc(Br)c2)nc1. The fourth-order valence-electron chi connectivity index (χ4n) is 3.01. The molecule has 0 unspecified atom stereocenters. The number of amides is 2. The number of piperidine rings is 1. The molecule has 1 aromatic carbocycles. The van der Waals surface area contributed by atoms with Gasteiger partial charge in [0.1, 0.15) is 5.75 Å². The van der Waals surface area contributed by atoms with E-state index < -0.39 is 0 Å². The number of primary amides is 1. The maximum absolute atomic E-state index is 12.8. The van der Waals surface area contributed by atoms with Crippen molar-refractivity contribution in [3.63, 3.8) is 0 Å². The lowest BCUT2D eigenvalue weighted by atomic mass is 9.92. The van der Waals surface area contributed by atoms with Gasteiger partial charge in [0.15, 0.2) is 0 Å². The van der Waals surface area contributed by atoms with Crippen LogP contribution in [0.4, 0.5) is 0 Å². The Hall–Kier alpha value is -2.41. The Labute approximate surface area is 160 Å². The lowest BCUT2D eigenvalue weighted by molar-refractivity contribution is -0.123. The maximum atomic E-state index is 12.8. The summed E-state index contributed by atoms with van der Waals surface area (Å²) < 4.78 is 6.59. The molecule has 1 aliphatic heterocycles. The summed E-state index contributed by atoms with van der Waals surface area (Å²) in [5.74, 6) is 0.263. The summed E-state index contributed by atoms with van der Waals surface area (Å²) in [4.78, 5) is 30.2. The number of halogens is 1. The molecular formula is C19H20BrN3O3. The normalized spacial score (nSPS) is 19.8. The highest BCUT2D eigenvalue weighted by Gasteiger charge is 2.32. The molecule has 7 heteroatoms. The van der Waals surface area contributed by atoms with Gasteiger partial charge in [0, 0.05) is 29.3 Å². The minimum atomic E-state index is -0.356. The molecule has 0 aliphatic carbocycles. The van der Waals surface area contributed by atoms with Crippen LogP contribution in [0.3, 0.4) is 0 Å². The third-order valence-corrected chi connectivity index (χ3v) is 5.04. The van der Waals surface area contributed by atoms with E-state index in [2.05, 4.69) is 20.9 Å². The number of benzene rings is 1. The average molecular weight is 418 g/mol. The highest BCUT2D eigenvalue weighted by molar-refractivity contribution is 9.10. The number of aromatic nitrogens is 1. The van der Waals surface area contributed by atoms with Crippen LogP contribution < -0.4 is 10.5 Å². The lowest BCUT2D eigenvalue weighted by Crippen LogP contribution is -2.48. The van der Waals surface area contributed by atoms with Crippen molar-refractivity contribution in [2.24, 2.45) is 11.7 Å². The first kappa shape index (κ1) is 18.4. The number of hydrogen-bond donors (Lipinski definition) is 1. The number of rotatable bonds is 4. The Morgan fingerprint density at radius 1 is 1.27 bits per heavy atom. The van der Waals surface area contributed by atoms with E-state index in [-0.39, 0.29) is 23.8 Å². The molecule has 136 valence electrons. The second-order valence-electron chi connectivity index (χ2n) is 6.43. The first-order valence-corrected chi connectivity index (χ1v) is 9.23. The van der Waals surface area contributed by atoms with E-state index in [1.807, 2.05) is 31.2 Å². The molecule has 26 heavy (non-hydrogen) atoms. The van der Waals surface area contributed by atoms with E-state index in [1.54, 1.807) is 17.0 Å². The van der Waals surface area contributed by atoms with Gasteiger partial charge in [0.05, 0.1) is 11.5 Å². The van der Waals surface area contributed by atoms with E-state index in [1.165, 1.54) is 6.20 Å². The fraction of sp³-hybridized carbons (Fsp3) is 0.316. The Morgan fingerprint density at radius 3 is 2.73 bits per heavy atom. The van der Waals surface area contributed by atoms with Crippen molar-refractivity contribution in [1.82, 2.24) is 9.88 Å². The third-order valence-electron chi connectivity index (χ3n) is 4.55. The largest absolute Gasteiger partial charge is 0.439 e. The number of pyridine rings is 1. The van der Waals surface area contributed by atoms with Gasteiger partial charge in [-0.25, -0.2) is 4.98 Å². The predicted molar refractivity (Wildman–Crippen MR) is 101 cm³/mol. The molecule has 1 saturated heterocycles. The molecule has 0 saturated carbocycles. The summed E-state index contributed by atoms with van der Waals surface area (Å²) in [5, 5.41) is 0. The highest BCUT2D eigenvalue weighted by Crippen LogP contribution is 2.25. The molecule has 0 bridgehead atoms. The summed E-state index contributed by atoms with van der Waals surface area (Å²) in [6.45, 7) is 2.33. The molecule has 2 N–H and O–H groups in total. The van der Waals surface area contributed by atoms with Crippen molar-refractivity contribution in [2.75, 3.05) is 6.54 Å². The number of carbonyl (C=O) groups excluding carboxylic acids is 2. The van der Waals surface area contributed by atoms with Gasteiger partial charge in [0.25, 0.3) is 5.91 Å². The van der Waals surface area contributed by atoms with Crippen molar-refractivity contribution in [3.8, 4) is 11.6 Å². The summed E-state index contributed by atoms with van der Waals surface area (Å²) >= 11 is 3.39. The van der Waals surface area contributed by atoms with Gasteiger partial charge < -0.3 is 15.4 Å². The van der Waals surface area contributed by atoms with Gasteiger partial charge in [-0.1, -0.05) is 22.0 Å². The van der Waals surface area contributed by atoms with Gasteiger partial charge in [0.2, 0.25) is 11.8 Å². The smallest absolute Gasteiger partial charge is 0.255 e. The summed E-state index contributed by atoms with van der Waals surface area (Å²) in [6, 6.07) is 10.8. The van der Waals surface area contributed by atoms with E-state index in [0.29, 0.717) is 23.7 Å². The molecule has 2 amide bonds.